The van der Waals surface area contributed by atoms with Gasteiger partial charge >= 0.3 is 6.09 Å². The van der Waals surface area contributed by atoms with E-state index in [4.69, 9.17) is 15.7 Å². The molecule has 0 radical (unpaired) electrons. The summed E-state index contributed by atoms with van der Waals surface area (Å²) in [7, 11) is -4.10. The minimum atomic E-state index is -4.10. The van der Waals surface area contributed by atoms with Crippen molar-refractivity contribution in [3.8, 4) is 0 Å². The molecule has 9 nitrogen and oxygen atoms in total. The van der Waals surface area contributed by atoms with Crippen LogP contribution < -0.4 is 16.0 Å². The lowest BCUT2D eigenvalue weighted by Crippen LogP contribution is -2.52. The van der Waals surface area contributed by atoms with Crippen LogP contribution in [0.1, 0.15) is 44.0 Å². The molecule has 1 aromatic rings. The number of ether oxygens (including phenoxy) is 1. The van der Waals surface area contributed by atoms with Crippen LogP contribution in [-0.4, -0.2) is 44.0 Å². The Morgan fingerprint density at radius 3 is 2.58 bits per heavy atom. The molecule has 144 valence electrons. The fraction of sp³-hybridized carbons (Fsp3) is 0.500. The smallest absolute Gasteiger partial charge is 0.411 e. The molecule has 0 bridgehead atoms. The van der Waals surface area contributed by atoms with Crippen molar-refractivity contribution >= 4 is 28.1 Å². The second-order valence-corrected chi connectivity index (χ2v) is 8.59. The van der Waals surface area contributed by atoms with E-state index in [0.29, 0.717) is 25.7 Å². The van der Waals surface area contributed by atoms with E-state index in [1.165, 1.54) is 28.1 Å². The summed E-state index contributed by atoms with van der Waals surface area (Å²) < 4.78 is 28.8. The number of carbonyl (C=O) groups excluding carboxylic acids is 2. The lowest BCUT2D eigenvalue weighted by molar-refractivity contribution is 0.0223. The van der Waals surface area contributed by atoms with Crippen LogP contribution in [0, 0.1) is 0 Å². The Morgan fingerprint density at radius 1 is 1.38 bits per heavy atom. The van der Waals surface area contributed by atoms with E-state index in [2.05, 4.69) is 0 Å². The van der Waals surface area contributed by atoms with Crippen LogP contribution in [0.25, 0.3) is 0 Å². The van der Waals surface area contributed by atoms with Gasteiger partial charge in [0.25, 0.3) is 0 Å². The highest BCUT2D eigenvalue weighted by Crippen LogP contribution is 2.29. The summed E-state index contributed by atoms with van der Waals surface area (Å²) in [5.41, 5.74) is -0.633. The van der Waals surface area contributed by atoms with Gasteiger partial charge in [0.15, 0.2) is 6.29 Å². The zero-order valence-corrected chi connectivity index (χ0v) is 15.8. The van der Waals surface area contributed by atoms with Gasteiger partial charge in [-0.3, -0.25) is 14.7 Å². The minimum Gasteiger partial charge on any atom is -0.444 e. The Kier molecular flexibility index (Phi) is 5.59. The van der Waals surface area contributed by atoms with Crippen molar-refractivity contribution in [1.29, 1.82) is 0 Å². The van der Waals surface area contributed by atoms with Gasteiger partial charge in [-0.2, -0.15) is 0 Å². The molecule has 26 heavy (non-hydrogen) atoms. The largest absolute Gasteiger partial charge is 0.444 e. The first-order chi connectivity index (χ1) is 12.0. The van der Waals surface area contributed by atoms with Crippen molar-refractivity contribution in [1.82, 2.24) is 4.90 Å². The van der Waals surface area contributed by atoms with Gasteiger partial charge in [0, 0.05) is 6.54 Å². The maximum Gasteiger partial charge on any atom is 0.411 e. The number of likely N-dealkylation sites (tertiary alicyclic amines) is 1. The summed E-state index contributed by atoms with van der Waals surface area (Å²) in [6.45, 7) is 5.72. The van der Waals surface area contributed by atoms with Gasteiger partial charge in [0.05, 0.1) is 16.1 Å². The van der Waals surface area contributed by atoms with Crippen LogP contribution in [0.4, 0.5) is 10.5 Å². The second kappa shape index (κ2) is 7.22. The fourth-order valence-electron chi connectivity index (χ4n) is 2.86. The highest BCUT2D eigenvalue weighted by Gasteiger charge is 2.36. The topological polar surface area (TPSA) is 136 Å². The molecule has 0 saturated carbocycles. The number of nitrogens with two attached hydrogens (primary N) is 2. The van der Waals surface area contributed by atoms with Crippen LogP contribution in [0.5, 0.6) is 0 Å². The number of sulfonamides is 1. The Balaban J connectivity index is 2.38. The van der Waals surface area contributed by atoms with E-state index in [1.807, 2.05) is 0 Å². The van der Waals surface area contributed by atoms with Crippen LogP contribution in [0.2, 0.25) is 0 Å². The monoisotopic (exact) mass is 384 g/mol. The molecule has 10 heteroatoms. The maximum atomic E-state index is 12.4. The number of primary sulfonamides is 1. The summed E-state index contributed by atoms with van der Waals surface area (Å²) in [5.74, 6) is 6.17. The highest BCUT2D eigenvalue weighted by atomic mass is 32.2. The number of amides is 1. The second-order valence-electron chi connectivity index (χ2n) is 7.06. The molecule has 0 aliphatic carbocycles. The van der Waals surface area contributed by atoms with E-state index in [1.54, 1.807) is 20.8 Å². The molecule has 1 amide bonds. The van der Waals surface area contributed by atoms with Gasteiger partial charge in [0.1, 0.15) is 11.8 Å². The van der Waals surface area contributed by atoms with Crippen molar-refractivity contribution < 1.29 is 22.7 Å². The molecular weight excluding hydrogens is 360 g/mol. The molecule has 1 saturated heterocycles. The molecule has 0 spiro atoms. The first kappa shape index (κ1) is 20.1. The molecule has 0 aromatic heterocycles. The van der Waals surface area contributed by atoms with Crippen molar-refractivity contribution in [3.05, 3.63) is 23.8 Å². The molecule has 1 heterocycles. The Morgan fingerprint density at radius 2 is 2.04 bits per heavy atom. The number of nitrogens with zero attached hydrogens (tertiary/aromatic N) is 2. The first-order valence-corrected chi connectivity index (χ1v) is 9.65. The van der Waals surface area contributed by atoms with E-state index in [-0.39, 0.29) is 16.1 Å². The summed E-state index contributed by atoms with van der Waals surface area (Å²) in [6.07, 6.45) is 0.545. The van der Waals surface area contributed by atoms with Gasteiger partial charge in [-0.05, 0) is 45.7 Å². The lowest BCUT2D eigenvalue weighted by Gasteiger charge is -2.35. The van der Waals surface area contributed by atoms with Crippen molar-refractivity contribution in [2.75, 3.05) is 11.6 Å². The van der Waals surface area contributed by atoms with Crippen molar-refractivity contribution in [2.45, 2.75) is 50.3 Å². The molecule has 2 rings (SSSR count). The minimum absolute atomic E-state index is 0.145. The zero-order valence-electron chi connectivity index (χ0n) is 15.0. The Bertz CT molecular complexity index is 803. The predicted octanol–water partition coefficient (Wildman–Crippen LogP) is 1.18. The molecular formula is C16H24N4O5S. The molecule has 1 fully saturated rings. The summed E-state index contributed by atoms with van der Waals surface area (Å²) in [4.78, 5) is 25.1. The molecule has 1 aromatic carbocycles. The van der Waals surface area contributed by atoms with E-state index in [0.717, 1.165) is 0 Å². The zero-order chi connectivity index (χ0) is 19.7. The third-order valence-electron chi connectivity index (χ3n) is 3.92. The highest BCUT2D eigenvalue weighted by molar-refractivity contribution is 7.89. The fourth-order valence-corrected chi connectivity index (χ4v) is 3.58. The molecule has 1 atom stereocenters. The third-order valence-corrected chi connectivity index (χ3v) is 4.88. The van der Waals surface area contributed by atoms with Crippen LogP contribution in [-0.2, 0) is 14.8 Å². The maximum absolute atomic E-state index is 12.4. The quantitative estimate of drug-likeness (QED) is 0.452. The number of hydrogen-bond acceptors (Lipinski definition) is 7. The number of anilines is 1. The average molecular weight is 384 g/mol. The molecule has 4 N–H and O–H groups in total. The van der Waals surface area contributed by atoms with Gasteiger partial charge < -0.3 is 4.74 Å². The number of hydrazine groups is 1. The SMILES string of the molecule is CC(C)(C)OC(=O)N1CCCC1N(N)c1cccc(S(N)(=O)=O)c1C=O. The van der Waals surface area contributed by atoms with E-state index >= 15 is 0 Å². The first-order valence-electron chi connectivity index (χ1n) is 8.10. The average Bonchev–Trinajstić information content (AvgIpc) is 3.00. The van der Waals surface area contributed by atoms with E-state index in [9.17, 15) is 18.0 Å². The van der Waals surface area contributed by atoms with Gasteiger partial charge in [0.2, 0.25) is 10.0 Å². The number of aldehydes is 1. The Labute approximate surface area is 152 Å². The van der Waals surface area contributed by atoms with E-state index < -0.39 is 27.9 Å². The molecule has 1 unspecified atom stereocenters. The summed E-state index contributed by atoms with van der Waals surface area (Å²) in [5, 5.41) is 6.39. The molecule has 1 aliphatic rings. The molecule has 1 aliphatic heterocycles. The predicted molar refractivity (Wildman–Crippen MR) is 95.8 cm³/mol. The van der Waals surface area contributed by atoms with Gasteiger partial charge in [-0.25, -0.2) is 24.2 Å². The number of rotatable bonds is 4. The number of hydrogen-bond donors (Lipinski definition) is 2. The summed E-state index contributed by atoms with van der Waals surface area (Å²) >= 11 is 0. The van der Waals surface area contributed by atoms with Gasteiger partial charge in [-0.15, -0.1) is 0 Å². The Hall–Kier alpha value is -2.17. The van der Waals surface area contributed by atoms with Crippen molar-refractivity contribution in [2.24, 2.45) is 11.0 Å². The van der Waals surface area contributed by atoms with Gasteiger partial charge in [-0.1, -0.05) is 6.07 Å². The normalized spacial score (nSPS) is 17.9. The standard InChI is InChI=1S/C16H24N4O5S/c1-16(2,3)25-15(22)19-9-5-8-14(19)20(17)12-6-4-7-13(11(12)10-21)26(18,23)24/h4,6-7,10,14H,5,8-9,17H2,1-3H3,(H2,18,23,24). The third kappa shape index (κ3) is 4.32. The van der Waals surface area contributed by atoms with Crippen molar-refractivity contribution in [3.63, 3.8) is 0 Å². The number of benzene rings is 1. The number of carbonyl (C=O) groups is 2. The van der Waals surface area contributed by atoms with Crippen LogP contribution >= 0.6 is 0 Å². The van der Waals surface area contributed by atoms with Crippen LogP contribution in [0.15, 0.2) is 23.1 Å². The van der Waals surface area contributed by atoms with Crippen LogP contribution in [0.3, 0.4) is 0 Å². The summed E-state index contributed by atoms with van der Waals surface area (Å²) in [6, 6.07) is 4.18. The lowest BCUT2D eigenvalue weighted by atomic mass is 10.1.